The van der Waals surface area contributed by atoms with E-state index in [1.807, 2.05) is 0 Å². The highest BCUT2D eigenvalue weighted by Crippen LogP contribution is 2.59. The van der Waals surface area contributed by atoms with Gasteiger partial charge in [0.1, 0.15) is 0 Å². The molecule has 0 aliphatic heterocycles. The second-order valence-electron chi connectivity index (χ2n) is 15.9. The Labute approximate surface area is 342 Å². The minimum Gasteiger partial charge on any atom is -0.0622 e. The maximum Gasteiger partial charge on any atom is 0.0714 e. The van der Waals surface area contributed by atoms with Gasteiger partial charge in [0, 0.05) is 0 Å². The lowest BCUT2D eigenvalue weighted by Crippen LogP contribution is -2.28. The molecule has 0 unspecified atom stereocenters. The molecule has 0 aromatic heterocycles. The van der Waals surface area contributed by atoms with E-state index in [0.29, 0.717) is 0 Å². The predicted octanol–water partition coefficient (Wildman–Crippen LogP) is 15.3. The number of rotatable bonds is 7. The monoisotopic (exact) mass is 740 g/mol. The molecule has 0 heteroatoms. The molecule has 58 heavy (non-hydrogen) atoms. The van der Waals surface area contributed by atoms with Crippen molar-refractivity contribution in [3.05, 3.63) is 251 Å². The summed E-state index contributed by atoms with van der Waals surface area (Å²) >= 11 is 0. The summed E-state index contributed by atoms with van der Waals surface area (Å²) < 4.78 is 0. The molecule has 1 aliphatic rings. The SMILES string of the molecule is Cc1cc(C)c(-c2cccc3c2-c2ccccc2C3(c2cccc(-c3cccc(-c4ccccc4)c3)c2)c2cccc(-c3cccc(-c4ccccc4)c3)c2)c(C)c1. The summed E-state index contributed by atoms with van der Waals surface area (Å²) in [4.78, 5) is 0. The maximum absolute atomic E-state index is 2.45. The van der Waals surface area contributed by atoms with Crippen molar-refractivity contribution < 1.29 is 0 Å². The lowest BCUT2D eigenvalue weighted by atomic mass is 9.66. The zero-order valence-electron chi connectivity index (χ0n) is 33.2. The number of fused-ring (bicyclic) bond motifs is 3. The van der Waals surface area contributed by atoms with E-state index in [0.717, 1.165) is 0 Å². The Morgan fingerprint density at radius 1 is 0.276 bits per heavy atom. The first-order valence-electron chi connectivity index (χ1n) is 20.3. The highest BCUT2D eigenvalue weighted by molar-refractivity contribution is 5.97. The molecule has 0 heterocycles. The van der Waals surface area contributed by atoms with Gasteiger partial charge in [0.2, 0.25) is 0 Å². The van der Waals surface area contributed by atoms with Crippen LogP contribution < -0.4 is 0 Å². The van der Waals surface area contributed by atoms with Crippen LogP contribution in [0.5, 0.6) is 0 Å². The van der Waals surface area contributed by atoms with E-state index in [2.05, 4.69) is 233 Å². The molecular formula is C58H44. The van der Waals surface area contributed by atoms with Gasteiger partial charge in [-0.3, -0.25) is 0 Å². The molecule has 0 atom stereocenters. The second kappa shape index (κ2) is 14.5. The summed E-state index contributed by atoms with van der Waals surface area (Å²) in [6.07, 6.45) is 0. The van der Waals surface area contributed by atoms with Crippen molar-refractivity contribution >= 4 is 0 Å². The summed E-state index contributed by atoms with van der Waals surface area (Å²) in [5.41, 5.74) is 23.4. The van der Waals surface area contributed by atoms with E-state index in [-0.39, 0.29) is 0 Å². The topological polar surface area (TPSA) is 0 Å². The molecule has 10 rings (SSSR count). The molecule has 0 bridgehead atoms. The van der Waals surface area contributed by atoms with Crippen LogP contribution in [0, 0.1) is 20.8 Å². The molecule has 0 N–H and O–H groups in total. The first-order valence-corrected chi connectivity index (χ1v) is 20.3. The predicted molar refractivity (Wildman–Crippen MR) is 245 cm³/mol. The smallest absolute Gasteiger partial charge is 0.0622 e. The van der Waals surface area contributed by atoms with Crippen molar-refractivity contribution in [2.75, 3.05) is 0 Å². The van der Waals surface area contributed by atoms with Crippen LogP contribution in [0.2, 0.25) is 0 Å². The van der Waals surface area contributed by atoms with Crippen molar-refractivity contribution in [3.8, 4) is 66.8 Å². The normalized spacial score (nSPS) is 12.5. The molecule has 0 saturated carbocycles. The molecule has 0 radical (unpaired) electrons. The number of benzene rings is 9. The summed E-state index contributed by atoms with van der Waals surface area (Å²) in [5.74, 6) is 0. The van der Waals surface area contributed by atoms with E-state index in [1.165, 1.54) is 106 Å². The van der Waals surface area contributed by atoms with Gasteiger partial charge in [-0.1, -0.05) is 194 Å². The van der Waals surface area contributed by atoms with Gasteiger partial charge >= 0.3 is 0 Å². The van der Waals surface area contributed by atoms with Crippen LogP contribution in [0.15, 0.2) is 212 Å². The van der Waals surface area contributed by atoms with Crippen molar-refractivity contribution in [1.82, 2.24) is 0 Å². The van der Waals surface area contributed by atoms with Crippen LogP contribution in [-0.2, 0) is 5.41 Å². The van der Waals surface area contributed by atoms with Crippen LogP contribution in [0.1, 0.15) is 38.9 Å². The number of hydrogen-bond donors (Lipinski definition) is 0. The fourth-order valence-corrected chi connectivity index (χ4v) is 9.81. The largest absolute Gasteiger partial charge is 0.0714 e. The maximum atomic E-state index is 2.45. The van der Waals surface area contributed by atoms with Crippen LogP contribution in [-0.4, -0.2) is 0 Å². The Balaban J connectivity index is 1.24. The van der Waals surface area contributed by atoms with Crippen LogP contribution in [0.4, 0.5) is 0 Å². The van der Waals surface area contributed by atoms with E-state index in [4.69, 9.17) is 0 Å². The molecule has 276 valence electrons. The van der Waals surface area contributed by atoms with E-state index in [9.17, 15) is 0 Å². The minimum atomic E-state index is -0.589. The fraction of sp³-hybridized carbons (Fsp3) is 0.0690. The molecule has 0 saturated heterocycles. The summed E-state index contributed by atoms with van der Waals surface area (Å²) in [6, 6.07) is 78.8. The van der Waals surface area contributed by atoms with E-state index >= 15 is 0 Å². The number of aryl methyl sites for hydroxylation is 3. The molecule has 9 aromatic rings. The van der Waals surface area contributed by atoms with Gasteiger partial charge < -0.3 is 0 Å². The van der Waals surface area contributed by atoms with Gasteiger partial charge in [-0.25, -0.2) is 0 Å². The van der Waals surface area contributed by atoms with Gasteiger partial charge in [-0.05, 0) is 145 Å². The second-order valence-corrected chi connectivity index (χ2v) is 15.9. The third-order valence-electron chi connectivity index (χ3n) is 12.2. The van der Waals surface area contributed by atoms with Crippen LogP contribution >= 0.6 is 0 Å². The van der Waals surface area contributed by atoms with Gasteiger partial charge in [0.25, 0.3) is 0 Å². The Bertz CT molecular complexity index is 2820. The molecule has 0 spiro atoms. The van der Waals surface area contributed by atoms with Crippen molar-refractivity contribution in [1.29, 1.82) is 0 Å². The molecule has 9 aromatic carbocycles. The third-order valence-corrected chi connectivity index (χ3v) is 12.2. The van der Waals surface area contributed by atoms with Gasteiger partial charge in [-0.15, -0.1) is 0 Å². The van der Waals surface area contributed by atoms with Crippen LogP contribution in [0.3, 0.4) is 0 Å². The lowest BCUT2D eigenvalue weighted by molar-refractivity contribution is 0.769. The molecule has 0 nitrogen and oxygen atoms in total. The Kier molecular flexibility index (Phi) is 8.84. The average molecular weight is 741 g/mol. The third kappa shape index (κ3) is 5.92. The summed E-state index contributed by atoms with van der Waals surface area (Å²) in [5, 5.41) is 0. The Morgan fingerprint density at radius 3 is 1.19 bits per heavy atom. The van der Waals surface area contributed by atoms with Crippen molar-refractivity contribution in [3.63, 3.8) is 0 Å². The standard InChI is InChI=1S/C58H44/c1-39-33-40(2)56(41(3)34-39)53-30-16-32-55-57(53)52-29-10-11-31-54(52)58(55,50-27-14-25-48(37-50)46-23-12-21-44(35-46)42-17-6-4-7-18-42)51-28-15-26-49(38-51)47-24-13-22-45(36-47)43-19-8-5-9-20-43/h4-38H,1-3H3. The lowest BCUT2D eigenvalue weighted by Gasteiger charge is -2.34. The molecular weight excluding hydrogens is 697 g/mol. The zero-order chi connectivity index (χ0) is 39.2. The highest BCUT2D eigenvalue weighted by atomic mass is 14.5. The fourth-order valence-electron chi connectivity index (χ4n) is 9.81. The van der Waals surface area contributed by atoms with E-state index < -0.39 is 5.41 Å². The van der Waals surface area contributed by atoms with Crippen molar-refractivity contribution in [2.45, 2.75) is 26.2 Å². The summed E-state index contributed by atoms with van der Waals surface area (Å²) in [6.45, 7) is 6.73. The van der Waals surface area contributed by atoms with Gasteiger partial charge in [-0.2, -0.15) is 0 Å². The minimum absolute atomic E-state index is 0.589. The zero-order valence-corrected chi connectivity index (χ0v) is 33.2. The summed E-state index contributed by atoms with van der Waals surface area (Å²) in [7, 11) is 0. The first kappa shape index (κ1) is 35.4. The molecule has 0 fully saturated rings. The molecule has 0 amide bonds. The molecule has 1 aliphatic carbocycles. The highest BCUT2D eigenvalue weighted by Gasteiger charge is 2.47. The quantitative estimate of drug-likeness (QED) is 0.153. The Hall–Kier alpha value is -7.02. The Morgan fingerprint density at radius 2 is 0.655 bits per heavy atom. The van der Waals surface area contributed by atoms with Gasteiger partial charge in [0.05, 0.1) is 5.41 Å². The van der Waals surface area contributed by atoms with Crippen molar-refractivity contribution in [2.24, 2.45) is 0 Å². The first-order chi connectivity index (χ1) is 28.5. The van der Waals surface area contributed by atoms with Crippen LogP contribution in [0.25, 0.3) is 66.8 Å². The van der Waals surface area contributed by atoms with Gasteiger partial charge in [0.15, 0.2) is 0 Å². The van der Waals surface area contributed by atoms with E-state index in [1.54, 1.807) is 0 Å². The average Bonchev–Trinajstić information content (AvgIpc) is 3.59. The number of hydrogen-bond acceptors (Lipinski definition) is 0.